The van der Waals surface area contributed by atoms with Crippen LogP contribution in [0.3, 0.4) is 0 Å². The summed E-state index contributed by atoms with van der Waals surface area (Å²) in [5, 5.41) is 10.6. The first-order valence-corrected chi connectivity index (χ1v) is 10.1. The van der Waals surface area contributed by atoms with Crippen LogP contribution in [0, 0.1) is 6.92 Å². The van der Waals surface area contributed by atoms with E-state index in [2.05, 4.69) is 62.8 Å². The summed E-state index contributed by atoms with van der Waals surface area (Å²) in [5.41, 5.74) is 2.94. The zero-order valence-corrected chi connectivity index (χ0v) is 17.7. The minimum atomic E-state index is 0.423. The maximum atomic E-state index is 5.88. The molecule has 0 aliphatic carbocycles. The van der Waals surface area contributed by atoms with Crippen LogP contribution in [0.5, 0.6) is 5.75 Å². The lowest BCUT2D eigenvalue weighted by molar-refractivity contribution is 0.313. The molecule has 2 aromatic heterocycles. The van der Waals surface area contributed by atoms with Gasteiger partial charge in [0.25, 0.3) is 5.89 Å². The quantitative estimate of drug-likeness (QED) is 0.415. The molecule has 0 saturated carbocycles. The molecule has 0 aliphatic rings. The Kier molecular flexibility index (Phi) is 7.77. The zero-order chi connectivity index (χ0) is 21.2. The largest absolute Gasteiger partial charge is 0.493 e. The van der Waals surface area contributed by atoms with E-state index < -0.39 is 0 Å². The summed E-state index contributed by atoms with van der Waals surface area (Å²) in [4.78, 5) is 12.9. The highest BCUT2D eigenvalue weighted by atomic mass is 16.5. The molecule has 8 heteroatoms. The molecule has 0 atom stereocenters. The van der Waals surface area contributed by atoms with E-state index in [1.54, 1.807) is 13.2 Å². The Morgan fingerprint density at radius 3 is 2.87 bits per heavy atom. The number of nitrogens with one attached hydrogen (secondary N) is 2. The lowest BCUT2D eigenvalue weighted by Gasteiger charge is -2.15. The molecule has 8 nitrogen and oxygen atoms in total. The molecule has 0 fully saturated rings. The summed E-state index contributed by atoms with van der Waals surface area (Å²) < 4.78 is 11.2. The number of ether oxygens (including phenoxy) is 1. The van der Waals surface area contributed by atoms with E-state index in [0.717, 1.165) is 17.7 Å². The van der Waals surface area contributed by atoms with Crippen molar-refractivity contribution in [1.29, 1.82) is 0 Å². The molecule has 2 N–H and O–H groups in total. The first-order chi connectivity index (χ1) is 14.7. The number of aromatic nitrogens is 3. The number of rotatable bonds is 9. The molecule has 0 bridgehead atoms. The van der Waals surface area contributed by atoms with E-state index >= 15 is 0 Å². The van der Waals surface area contributed by atoms with Gasteiger partial charge in [-0.3, -0.25) is 9.98 Å². The normalized spacial score (nSPS) is 11.4. The van der Waals surface area contributed by atoms with Gasteiger partial charge < -0.3 is 19.9 Å². The van der Waals surface area contributed by atoms with Crippen LogP contribution in [0.4, 0.5) is 0 Å². The molecule has 3 rings (SSSR count). The highest BCUT2D eigenvalue weighted by molar-refractivity contribution is 5.79. The summed E-state index contributed by atoms with van der Waals surface area (Å²) in [5.74, 6) is 2.65. The summed E-state index contributed by atoms with van der Waals surface area (Å²) in [6, 6.07) is 11.8. The van der Waals surface area contributed by atoms with Crippen molar-refractivity contribution < 1.29 is 9.26 Å². The van der Waals surface area contributed by atoms with E-state index in [1.165, 1.54) is 5.56 Å². The molecule has 0 spiro atoms. The van der Waals surface area contributed by atoms with Gasteiger partial charge in [-0.05, 0) is 37.1 Å². The minimum absolute atomic E-state index is 0.423. The van der Waals surface area contributed by atoms with Crippen LogP contribution >= 0.6 is 0 Å². The van der Waals surface area contributed by atoms with Crippen LogP contribution in [-0.4, -0.2) is 41.3 Å². The second-order valence-electron chi connectivity index (χ2n) is 6.79. The minimum Gasteiger partial charge on any atom is -0.493 e. The van der Waals surface area contributed by atoms with Crippen LogP contribution in [0.2, 0.25) is 0 Å². The first-order valence-electron chi connectivity index (χ1n) is 10.1. The van der Waals surface area contributed by atoms with E-state index in [1.807, 2.05) is 18.2 Å². The molecule has 1 aromatic carbocycles. The molecule has 158 valence electrons. The van der Waals surface area contributed by atoms with Crippen LogP contribution < -0.4 is 15.4 Å². The van der Waals surface area contributed by atoms with Crippen molar-refractivity contribution >= 4 is 5.96 Å². The Morgan fingerprint density at radius 2 is 2.10 bits per heavy atom. The fourth-order valence-corrected chi connectivity index (χ4v) is 2.80. The zero-order valence-electron chi connectivity index (χ0n) is 17.7. The number of benzene rings is 1. The molecule has 0 amide bonds. The smallest absolute Gasteiger partial charge is 0.276 e. The molecule has 30 heavy (non-hydrogen) atoms. The number of guanidine groups is 1. The Bertz CT molecular complexity index is 955. The topological polar surface area (TPSA) is 97.5 Å². The van der Waals surface area contributed by atoms with Crippen molar-refractivity contribution in [3.63, 3.8) is 0 Å². The van der Waals surface area contributed by atoms with Gasteiger partial charge in [0.2, 0.25) is 0 Å². The number of nitrogens with zero attached hydrogens (tertiary/aromatic N) is 4. The average Bonchev–Trinajstić information content (AvgIpc) is 3.25. The molecule has 2 heterocycles. The van der Waals surface area contributed by atoms with Gasteiger partial charge in [-0.15, -0.1) is 0 Å². The van der Waals surface area contributed by atoms with Gasteiger partial charge >= 0.3 is 0 Å². The lowest BCUT2D eigenvalue weighted by Crippen LogP contribution is -2.38. The summed E-state index contributed by atoms with van der Waals surface area (Å²) in [7, 11) is 1.74. The van der Waals surface area contributed by atoms with Crippen LogP contribution in [0.15, 0.2) is 52.1 Å². The average molecular weight is 409 g/mol. The molecule has 0 aliphatic heterocycles. The molecular formula is C22H28N6O2. The Morgan fingerprint density at radius 1 is 1.20 bits per heavy atom. The Balaban J connectivity index is 1.49. The highest BCUT2D eigenvalue weighted by Gasteiger charge is 2.10. The Labute approximate surface area is 176 Å². The number of hydrogen-bond donors (Lipinski definition) is 2. The standard InChI is InChI=1S/C22H28N6O2/c1-4-13-29-19-14-16(2)8-9-17(19)15-26-22(23-3)25-12-10-20-27-21(30-28-20)18-7-5-6-11-24-18/h5-9,11,14H,4,10,12-13,15H2,1-3H3,(H2,23,25,26). The monoisotopic (exact) mass is 408 g/mol. The van der Waals surface area contributed by atoms with E-state index in [0.29, 0.717) is 49.5 Å². The van der Waals surface area contributed by atoms with Crippen molar-refractivity contribution in [2.75, 3.05) is 20.2 Å². The van der Waals surface area contributed by atoms with Gasteiger partial charge in [-0.1, -0.05) is 30.3 Å². The molecule has 3 aromatic rings. The van der Waals surface area contributed by atoms with Crippen molar-refractivity contribution in [3.8, 4) is 17.3 Å². The molecular weight excluding hydrogens is 380 g/mol. The van der Waals surface area contributed by atoms with E-state index in [9.17, 15) is 0 Å². The van der Waals surface area contributed by atoms with Gasteiger partial charge in [0.1, 0.15) is 11.4 Å². The van der Waals surface area contributed by atoms with Gasteiger partial charge in [0.05, 0.1) is 6.61 Å². The van der Waals surface area contributed by atoms with Crippen molar-refractivity contribution in [2.45, 2.75) is 33.2 Å². The number of pyridine rings is 1. The van der Waals surface area contributed by atoms with Crippen molar-refractivity contribution in [1.82, 2.24) is 25.8 Å². The highest BCUT2D eigenvalue weighted by Crippen LogP contribution is 2.20. The third kappa shape index (κ3) is 6.04. The second-order valence-corrected chi connectivity index (χ2v) is 6.79. The maximum Gasteiger partial charge on any atom is 0.276 e. The van der Waals surface area contributed by atoms with E-state index in [-0.39, 0.29) is 0 Å². The molecule has 0 radical (unpaired) electrons. The third-order valence-corrected chi connectivity index (χ3v) is 4.35. The van der Waals surface area contributed by atoms with Crippen LogP contribution in [0.1, 0.15) is 30.3 Å². The second kappa shape index (κ2) is 10.9. The van der Waals surface area contributed by atoms with Crippen LogP contribution in [-0.2, 0) is 13.0 Å². The fraction of sp³-hybridized carbons (Fsp3) is 0.364. The molecule has 0 saturated heterocycles. The summed E-state index contributed by atoms with van der Waals surface area (Å²) in [6.45, 7) is 6.10. The number of aliphatic imine (C=N–C) groups is 1. The Hall–Kier alpha value is -3.42. The van der Waals surface area contributed by atoms with Gasteiger partial charge in [0, 0.05) is 38.3 Å². The van der Waals surface area contributed by atoms with E-state index in [4.69, 9.17) is 9.26 Å². The fourth-order valence-electron chi connectivity index (χ4n) is 2.80. The first kappa shape index (κ1) is 21.3. The third-order valence-electron chi connectivity index (χ3n) is 4.35. The van der Waals surface area contributed by atoms with Crippen LogP contribution in [0.25, 0.3) is 11.6 Å². The maximum absolute atomic E-state index is 5.88. The van der Waals surface area contributed by atoms with Crippen molar-refractivity contribution in [3.05, 3.63) is 59.5 Å². The van der Waals surface area contributed by atoms with Gasteiger partial charge in [0.15, 0.2) is 11.8 Å². The van der Waals surface area contributed by atoms with Gasteiger partial charge in [-0.25, -0.2) is 0 Å². The summed E-state index contributed by atoms with van der Waals surface area (Å²) >= 11 is 0. The number of hydrogen-bond acceptors (Lipinski definition) is 6. The summed E-state index contributed by atoms with van der Waals surface area (Å²) in [6.07, 6.45) is 3.28. The van der Waals surface area contributed by atoms with Crippen molar-refractivity contribution in [2.24, 2.45) is 4.99 Å². The lowest BCUT2D eigenvalue weighted by atomic mass is 10.1. The SMILES string of the molecule is CCCOc1cc(C)ccc1CNC(=NC)NCCc1noc(-c2ccccn2)n1. The number of aryl methyl sites for hydroxylation is 1. The van der Waals surface area contributed by atoms with Gasteiger partial charge in [-0.2, -0.15) is 4.98 Å². The predicted molar refractivity (Wildman–Crippen MR) is 116 cm³/mol. The predicted octanol–water partition coefficient (Wildman–Crippen LogP) is 3.14. The molecule has 0 unspecified atom stereocenters.